The SMILES string of the molecule is COc1ccc([N+](=O)[O-])cc1CN[C@@H](C)c1ccccc1. The average Bonchev–Trinajstić information content (AvgIpc) is 2.53. The molecule has 5 nitrogen and oxygen atoms in total. The summed E-state index contributed by atoms with van der Waals surface area (Å²) in [5.74, 6) is 0.647. The second kappa shape index (κ2) is 6.85. The first-order valence-electron chi connectivity index (χ1n) is 6.71. The van der Waals surface area contributed by atoms with Gasteiger partial charge in [0, 0.05) is 30.3 Å². The van der Waals surface area contributed by atoms with Crippen LogP contribution in [0, 0.1) is 10.1 Å². The van der Waals surface area contributed by atoms with Crippen LogP contribution in [-0.2, 0) is 6.54 Å². The smallest absolute Gasteiger partial charge is 0.270 e. The highest BCUT2D eigenvalue weighted by Crippen LogP contribution is 2.24. The molecule has 1 N–H and O–H groups in total. The van der Waals surface area contributed by atoms with E-state index < -0.39 is 4.92 Å². The third kappa shape index (κ3) is 3.79. The number of ether oxygens (including phenoxy) is 1. The van der Waals surface area contributed by atoms with Gasteiger partial charge < -0.3 is 10.1 Å². The molecular formula is C16H18N2O3. The van der Waals surface area contributed by atoms with Crippen molar-refractivity contribution < 1.29 is 9.66 Å². The van der Waals surface area contributed by atoms with Gasteiger partial charge in [-0.1, -0.05) is 30.3 Å². The van der Waals surface area contributed by atoms with E-state index in [0.717, 1.165) is 5.56 Å². The minimum Gasteiger partial charge on any atom is -0.496 e. The summed E-state index contributed by atoms with van der Waals surface area (Å²) in [5.41, 5.74) is 2.01. The van der Waals surface area contributed by atoms with Gasteiger partial charge >= 0.3 is 0 Å². The Balaban J connectivity index is 2.11. The topological polar surface area (TPSA) is 64.4 Å². The molecule has 0 unspecified atom stereocenters. The summed E-state index contributed by atoms with van der Waals surface area (Å²) in [4.78, 5) is 10.5. The first-order valence-corrected chi connectivity index (χ1v) is 6.71. The lowest BCUT2D eigenvalue weighted by Gasteiger charge is -2.15. The number of methoxy groups -OCH3 is 1. The van der Waals surface area contributed by atoms with Crippen LogP contribution in [0.5, 0.6) is 5.75 Å². The first kappa shape index (κ1) is 15.0. The van der Waals surface area contributed by atoms with Gasteiger partial charge in [0.05, 0.1) is 12.0 Å². The quantitative estimate of drug-likeness (QED) is 0.652. The van der Waals surface area contributed by atoms with E-state index in [2.05, 4.69) is 12.2 Å². The summed E-state index contributed by atoms with van der Waals surface area (Å²) >= 11 is 0. The molecule has 0 fully saturated rings. The van der Waals surface area contributed by atoms with Crippen molar-refractivity contribution in [3.05, 3.63) is 69.8 Å². The minimum atomic E-state index is -0.399. The molecule has 2 aromatic rings. The van der Waals surface area contributed by atoms with E-state index in [0.29, 0.717) is 12.3 Å². The summed E-state index contributed by atoms with van der Waals surface area (Å²) in [7, 11) is 1.56. The van der Waals surface area contributed by atoms with Crippen molar-refractivity contribution in [2.45, 2.75) is 19.5 Å². The van der Waals surface area contributed by atoms with Gasteiger partial charge in [-0.3, -0.25) is 10.1 Å². The Morgan fingerprint density at radius 2 is 1.95 bits per heavy atom. The highest BCUT2D eigenvalue weighted by Gasteiger charge is 2.12. The Hall–Kier alpha value is -2.40. The molecular weight excluding hydrogens is 268 g/mol. The van der Waals surface area contributed by atoms with Crippen LogP contribution < -0.4 is 10.1 Å². The lowest BCUT2D eigenvalue weighted by molar-refractivity contribution is -0.384. The van der Waals surface area contributed by atoms with Gasteiger partial charge in [0.25, 0.3) is 5.69 Å². The predicted molar refractivity (Wildman–Crippen MR) is 81.3 cm³/mol. The summed E-state index contributed by atoms with van der Waals surface area (Å²) in [6.07, 6.45) is 0. The molecule has 5 heteroatoms. The molecule has 0 saturated carbocycles. The van der Waals surface area contributed by atoms with E-state index in [-0.39, 0.29) is 11.7 Å². The molecule has 2 aromatic carbocycles. The zero-order valence-electron chi connectivity index (χ0n) is 12.1. The molecule has 0 amide bonds. The lowest BCUT2D eigenvalue weighted by Crippen LogP contribution is -2.18. The van der Waals surface area contributed by atoms with E-state index in [1.54, 1.807) is 19.2 Å². The number of nitro benzene ring substituents is 1. The highest BCUT2D eigenvalue weighted by molar-refractivity contribution is 5.43. The van der Waals surface area contributed by atoms with Crippen LogP contribution in [0.15, 0.2) is 48.5 Å². The Bertz CT molecular complexity index is 614. The van der Waals surface area contributed by atoms with Crippen molar-refractivity contribution in [1.82, 2.24) is 5.32 Å². The van der Waals surface area contributed by atoms with Crippen molar-refractivity contribution >= 4 is 5.69 Å². The van der Waals surface area contributed by atoms with Gasteiger partial charge in [-0.05, 0) is 18.6 Å². The van der Waals surface area contributed by atoms with Gasteiger partial charge in [0.1, 0.15) is 5.75 Å². The normalized spacial score (nSPS) is 11.9. The van der Waals surface area contributed by atoms with E-state index in [4.69, 9.17) is 4.74 Å². The van der Waals surface area contributed by atoms with Crippen LogP contribution in [0.3, 0.4) is 0 Å². The van der Waals surface area contributed by atoms with Crippen LogP contribution in [0.25, 0.3) is 0 Å². The molecule has 21 heavy (non-hydrogen) atoms. The Kier molecular flexibility index (Phi) is 4.90. The number of nitro groups is 1. The molecule has 0 aromatic heterocycles. The van der Waals surface area contributed by atoms with Crippen molar-refractivity contribution in [2.75, 3.05) is 7.11 Å². The maximum Gasteiger partial charge on any atom is 0.270 e. The minimum absolute atomic E-state index is 0.0694. The van der Waals surface area contributed by atoms with E-state index in [9.17, 15) is 10.1 Å². The standard InChI is InChI=1S/C16H18N2O3/c1-12(13-6-4-3-5-7-13)17-11-14-10-15(18(19)20)8-9-16(14)21-2/h3-10,12,17H,11H2,1-2H3/t12-/m0/s1. The maximum atomic E-state index is 10.9. The van der Waals surface area contributed by atoms with Gasteiger partial charge in [-0.15, -0.1) is 0 Å². The van der Waals surface area contributed by atoms with E-state index in [1.807, 2.05) is 30.3 Å². The van der Waals surface area contributed by atoms with Crippen molar-refractivity contribution in [3.63, 3.8) is 0 Å². The molecule has 0 aliphatic heterocycles. The summed E-state index contributed by atoms with van der Waals surface area (Å²) in [6, 6.07) is 14.8. The highest BCUT2D eigenvalue weighted by atomic mass is 16.6. The van der Waals surface area contributed by atoms with Gasteiger partial charge in [0.2, 0.25) is 0 Å². The monoisotopic (exact) mass is 286 g/mol. The summed E-state index contributed by atoms with van der Waals surface area (Å²) in [5, 5.41) is 14.2. The van der Waals surface area contributed by atoms with Gasteiger partial charge in [0.15, 0.2) is 0 Å². The van der Waals surface area contributed by atoms with E-state index >= 15 is 0 Å². The van der Waals surface area contributed by atoms with Crippen molar-refractivity contribution in [3.8, 4) is 5.75 Å². The molecule has 0 spiro atoms. The van der Waals surface area contributed by atoms with Crippen LogP contribution in [0.4, 0.5) is 5.69 Å². The Labute approximate surface area is 123 Å². The largest absolute Gasteiger partial charge is 0.496 e. The number of hydrogen-bond acceptors (Lipinski definition) is 4. The van der Waals surface area contributed by atoms with Gasteiger partial charge in [-0.2, -0.15) is 0 Å². The number of nitrogens with zero attached hydrogens (tertiary/aromatic N) is 1. The summed E-state index contributed by atoms with van der Waals surface area (Å²) in [6.45, 7) is 2.56. The predicted octanol–water partition coefficient (Wildman–Crippen LogP) is 3.45. The third-order valence-corrected chi connectivity index (χ3v) is 3.37. The summed E-state index contributed by atoms with van der Waals surface area (Å²) < 4.78 is 5.26. The molecule has 110 valence electrons. The third-order valence-electron chi connectivity index (χ3n) is 3.37. The number of benzene rings is 2. The van der Waals surface area contributed by atoms with Crippen LogP contribution in [0.2, 0.25) is 0 Å². The second-order valence-corrected chi connectivity index (χ2v) is 4.77. The zero-order chi connectivity index (χ0) is 15.2. The van der Waals surface area contributed by atoms with Crippen LogP contribution >= 0.6 is 0 Å². The van der Waals surface area contributed by atoms with Crippen molar-refractivity contribution in [2.24, 2.45) is 0 Å². The first-order chi connectivity index (χ1) is 10.1. The van der Waals surface area contributed by atoms with Crippen molar-refractivity contribution in [1.29, 1.82) is 0 Å². The average molecular weight is 286 g/mol. The molecule has 0 aliphatic carbocycles. The Morgan fingerprint density at radius 1 is 1.24 bits per heavy atom. The maximum absolute atomic E-state index is 10.9. The number of nitrogens with one attached hydrogen (secondary N) is 1. The molecule has 0 heterocycles. The lowest BCUT2D eigenvalue weighted by atomic mass is 10.1. The number of rotatable bonds is 6. The van der Waals surface area contributed by atoms with E-state index in [1.165, 1.54) is 11.6 Å². The van der Waals surface area contributed by atoms with Crippen LogP contribution in [-0.4, -0.2) is 12.0 Å². The molecule has 1 atom stereocenters. The Morgan fingerprint density at radius 3 is 2.57 bits per heavy atom. The fourth-order valence-corrected chi connectivity index (χ4v) is 2.14. The molecule has 0 radical (unpaired) electrons. The molecule has 0 aliphatic rings. The molecule has 2 rings (SSSR count). The molecule has 0 saturated heterocycles. The van der Waals surface area contributed by atoms with Gasteiger partial charge in [-0.25, -0.2) is 0 Å². The molecule has 0 bridgehead atoms. The fraction of sp³-hybridized carbons (Fsp3) is 0.250. The second-order valence-electron chi connectivity index (χ2n) is 4.77. The number of non-ortho nitro benzene ring substituents is 1. The fourth-order valence-electron chi connectivity index (χ4n) is 2.14. The number of hydrogen-bond donors (Lipinski definition) is 1. The zero-order valence-corrected chi connectivity index (χ0v) is 12.1. The van der Waals surface area contributed by atoms with Crippen LogP contribution in [0.1, 0.15) is 24.1 Å².